The average Bonchev–Trinajstić information content (AvgIpc) is 3.28. The Kier molecular flexibility index (Phi) is 6.45. The van der Waals surface area contributed by atoms with E-state index in [1.807, 2.05) is 24.3 Å². The Morgan fingerprint density at radius 3 is 2.48 bits per heavy atom. The molecule has 1 aliphatic rings. The molecule has 1 atom stereocenters. The van der Waals surface area contributed by atoms with Gasteiger partial charge in [0.15, 0.2) is 0 Å². The normalized spacial score (nSPS) is 17.0. The second kappa shape index (κ2) is 9.25. The van der Waals surface area contributed by atoms with Crippen LogP contribution in [0, 0.1) is 0 Å². The number of nitrogens with zero attached hydrogens (tertiary/aromatic N) is 5. The smallest absolute Gasteiger partial charge is 0.243 e. The minimum Gasteiger partial charge on any atom is -0.338 e. The molecular formula is C22H27N5O3S. The zero-order chi connectivity index (χ0) is 21.8. The van der Waals surface area contributed by atoms with E-state index >= 15 is 0 Å². The molecule has 1 fully saturated rings. The molecule has 31 heavy (non-hydrogen) atoms. The summed E-state index contributed by atoms with van der Waals surface area (Å²) in [7, 11) is -3.49. The van der Waals surface area contributed by atoms with E-state index in [-0.39, 0.29) is 0 Å². The highest BCUT2D eigenvalue weighted by molar-refractivity contribution is 7.89. The van der Waals surface area contributed by atoms with Crippen LogP contribution in [0.25, 0.3) is 11.4 Å². The van der Waals surface area contributed by atoms with Gasteiger partial charge in [0.05, 0.1) is 11.4 Å². The van der Waals surface area contributed by atoms with Crippen LogP contribution in [0.15, 0.2) is 58.2 Å². The van der Waals surface area contributed by atoms with Crippen molar-refractivity contribution in [3.05, 3.63) is 60.2 Å². The van der Waals surface area contributed by atoms with Gasteiger partial charge < -0.3 is 4.52 Å². The summed E-state index contributed by atoms with van der Waals surface area (Å²) < 4.78 is 33.0. The Labute approximate surface area is 183 Å². The number of benzene rings is 1. The number of pyridine rings is 1. The maximum atomic E-state index is 13.0. The van der Waals surface area contributed by atoms with Crippen molar-refractivity contribution in [1.29, 1.82) is 0 Å². The molecule has 0 spiro atoms. The Hall–Kier alpha value is -2.62. The molecule has 1 aliphatic heterocycles. The van der Waals surface area contributed by atoms with Crippen molar-refractivity contribution in [3.63, 3.8) is 0 Å². The second-order valence-electron chi connectivity index (χ2n) is 7.81. The Morgan fingerprint density at radius 2 is 1.84 bits per heavy atom. The Morgan fingerprint density at radius 1 is 1.10 bits per heavy atom. The zero-order valence-electron chi connectivity index (χ0n) is 17.8. The topological polar surface area (TPSA) is 92.4 Å². The summed E-state index contributed by atoms with van der Waals surface area (Å²) >= 11 is 0. The van der Waals surface area contributed by atoms with Gasteiger partial charge in [-0.05, 0) is 42.2 Å². The second-order valence-corrected chi connectivity index (χ2v) is 9.75. The third-order valence-electron chi connectivity index (χ3n) is 5.78. The van der Waals surface area contributed by atoms with Gasteiger partial charge in [-0.15, -0.1) is 0 Å². The van der Waals surface area contributed by atoms with Crippen molar-refractivity contribution in [1.82, 2.24) is 24.3 Å². The highest BCUT2D eigenvalue weighted by Crippen LogP contribution is 2.23. The number of hydrogen-bond acceptors (Lipinski definition) is 7. The summed E-state index contributed by atoms with van der Waals surface area (Å²) in [5.41, 5.74) is 1.96. The summed E-state index contributed by atoms with van der Waals surface area (Å²) in [6.07, 6.45) is 4.41. The van der Waals surface area contributed by atoms with E-state index in [1.54, 1.807) is 28.8 Å². The van der Waals surface area contributed by atoms with Crippen LogP contribution in [0.2, 0.25) is 0 Å². The summed E-state index contributed by atoms with van der Waals surface area (Å²) in [4.78, 5) is 11.0. The molecule has 9 heteroatoms. The standard InChI is InChI=1S/C22H27N5O3S/c1-3-17(2)18-6-8-20(9-7-18)31(28,29)27-13-11-26(12-14-27)16-21-24-22(25-30-21)19-5-4-10-23-15-19/h4-10,15,17H,3,11-14,16H2,1-2H3. The number of aromatic nitrogens is 3. The van der Waals surface area contributed by atoms with Crippen LogP contribution >= 0.6 is 0 Å². The SMILES string of the molecule is CCC(C)c1ccc(S(=O)(=O)N2CCN(Cc3nc(-c4cccnc4)no3)CC2)cc1. The van der Waals surface area contributed by atoms with Gasteiger partial charge in [0.1, 0.15) is 0 Å². The number of piperazine rings is 1. The van der Waals surface area contributed by atoms with E-state index in [1.165, 1.54) is 0 Å². The van der Waals surface area contributed by atoms with Gasteiger partial charge in [-0.2, -0.15) is 9.29 Å². The first-order chi connectivity index (χ1) is 15.0. The fourth-order valence-electron chi connectivity index (χ4n) is 3.60. The first kappa shape index (κ1) is 21.6. The third-order valence-corrected chi connectivity index (χ3v) is 7.69. The van der Waals surface area contributed by atoms with Gasteiger partial charge in [0.25, 0.3) is 0 Å². The lowest BCUT2D eigenvalue weighted by Crippen LogP contribution is -2.48. The maximum absolute atomic E-state index is 13.0. The first-order valence-corrected chi connectivity index (χ1v) is 12.0. The molecule has 0 N–H and O–H groups in total. The molecule has 0 aliphatic carbocycles. The van der Waals surface area contributed by atoms with Gasteiger partial charge in [-0.1, -0.05) is 31.1 Å². The zero-order valence-corrected chi connectivity index (χ0v) is 18.6. The van der Waals surface area contributed by atoms with Crippen LogP contribution in [-0.4, -0.2) is 58.9 Å². The molecule has 2 aromatic heterocycles. The molecular weight excluding hydrogens is 414 g/mol. The van der Waals surface area contributed by atoms with E-state index in [0.29, 0.717) is 55.3 Å². The van der Waals surface area contributed by atoms with Crippen LogP contribution in [0.5, 0.6) is 0 Å². The quantitative estimate of drug-likeness (QED) is 0.556. The lowest BCUT2D eigenvalue weighted by Gasteiger charge is -2.33. The lowest BCUT2D eigenvalue weighted by atomic mass is 9.99. The average molecular weight is 442 g/mol. The molecule has 0 saturated carbocycles. The Balaban J connectivity index is 1.35. The predicted molar refractivity (Wildman–Crippen MR) is 117 cm³/mol. The molecule has 0 radical (unpaired) electrons. The van der Waals surface area contributed by atoms with Gasteiger partial charge in [0.2, 0.25) is 21.7 Å². The van der Waals surface area contributed by atoms with E-state index in [4.69, 9.17) is 4.52 Å². The first-order valence-electron chi connectivity index (χ1n) is 10.5. The van der Waals surface area contributed by atoms with Gasteiger partial charge >= 0.3 is 0 Å². The molecule has 0 bridgehead atoms. The van der Waals surface area contributed by atoms with Crippen molar-refractivity contribution in [2.24, 2.45) is 0 Å². The molecule has 1 saturated heterocycles. The number of hydrogen-bond donors (Lipinski definition) is 0. The minimum atomic E-state index is -3.49. The highest BCUT2D eigenvalue weighted by atomic mass is 32.2. The highest BCUT2D eigenvalue weighted by Gasteiger charge is 2.29. The number of rotatable bonds is 7. The van der Waals surface area contributed by atoms with Crippen molar-refractivity contribution in [2.45, 2.75) is 37.6 Å². The molecule has 8 nitrogen and oxygen atoms in total. The van der Waals surface area contributed by atoms with Crippen molar-refractivity contribution in [3.8, 4) is 11.4 Å². The van der Waals surface area contributed by atoms with E-state index in [0.717, 1.165) is 17.5 Å². The minimum absolute atomic E-state index is 0.353. The lowest BCUT2D eigenvalue weighted by molar-refractivity contribution is 0.163. The van der Waals surface area contributed by atoms with Crippen molar-refractivity contribution in [2.75, 3.05) is 26.2 Å². The summed E-state index contributed by atoms with van der Waals surface area (Å²) in [5, 5.41) is 4.01. The Bertz CT molecular complexity index is 1090. The van der Waals surface area contributed by atoms with Crippen LogP contribution in [0.1, 0.15) is 37.6 Å². The van der Waals surface area contributed by atoms with Gasteiger partial charge in [0, 0.05) is 44.1 Å². The maximum Gasteiger partial charge on any atom is 0.243 e. The molecule has 1 unspecified atom stereocenters. The van der Waals surface area contributed by atoms with Crippen LogP contribution in [0.4, 0.5) is 0 Å². The fraction of sp³-hybridized carbons (Fsp3) is 0.409. The van der Waals surface area contributed by atoms with Crippen LogP contribution in [-0.2, 0) is 16.6 Å². The fourth-order valence-corrected chi connectivity index (χ4v) is 5.03. The van der Waals surface area contributed by atoms with E-state index < -0.39 is 10.0 Å². The predicted octanol–water partition coefficient (Wildman–Crippen LogP) is 3.15. The van der Waals surface area contributed by atoms with Gasteiger partial charge in [-0.25, -0.2) is 8.42 Å². The summed E-state index contributed by atoms with van der Waals surface area (Å²) in [6.45, 7) is 6.83. The molecule has 1 aromatic carbocycles. The summed E-state index contributed by atoms with van der Waals surface area (Å²) in [6, 6.07) is 11.0. The molecule has 3 aromatic rings. The largest absolute Gasteiger partial charge is 0.338 e. The van der Waals surface area contributed by atoms with E-state index in [9.17, 15) is 8.42 Å². The summed E-state index contributed by atoms with van der Waals surface area (Å²) in [5.74, 6) is 1.43. The van der Waals surface area contributed by atoms with Gasteiger partial charge in [-0.3, -0.25) is 9.88 Å². The number of sulfonamides is 1. The molecule has 4 rings (SSSR count). The van der Waals surface area contributed by atoms with Crippen molar-refractivity contribution >= 4 is 10.0 Å². The molecule has 164 valence electrons. The molecule has 0 amide bonds. The third kappa shape index (κ3) is 4.84. The molecule has 3 heterocycles. The van der Waals surface area contributed by atoms with E-state index in [2.05, 4.69) is 33.9 Å². The van der Waals surface area contributed by atoms with Crippen LogP contribution in [0.3, 0.4) is 0 Å². The van der Waals surface area contributed by atoms with Crippen LogP contribution < -0.4 is 0 Å². The monoisotopic (exact) mass is 441 g/mol. The van der Waals surface area contributed by atoms with Crippen molar-refractivity contribution < 1.29 is 12.9 Å².